The summed E-state index contributed by atoms with van der Waals surface area (Å²) in [5.41, 5.74) is 2.41. The fraction of sp³-hybridized carbons (Fsp3) is 0.654. The maximum atomic E-state index is 5.56. The third-order valence-electron chi connectivity index (χ3n) is 7.80. The molecule has 0 aromatic carbocycles. The highest BCUT2D eigenvalue weighted by molar-refractivity contribution is 7.19. The Balaban J connectivity index is 1.24. The fourth-order valence-electron chi connectivity index (χ4n) is 5.85. The summed E-state index contributed by atoms with van der Waals surface area (Å²) in [4.78, 5) is 15.2. The number of thiophene rings is 1. The van der Waals surface area contributed by atoms with Crippen molar-refractivity contribution in [2.75, 3.05) is 36.9 Å². The van der Waals surface area contributed by atoms with Gasteiger partial charge in [0.15, 0.2) is 0 Å². The van der Waals surface area contributed by atoms with Crippen LogP contribution in [0.25, 0.3) is 10.2 Å². The van der Waals surface area contributed by atoms with E-state index in [4.69, 9.17) is 14.7 Å². The lowest BCUT2D eigenvalue weighted by Gasteiger charge is -2.39. The number of morpholine rings is 1. The second kappa shape index (κ2) is 10.0. The molecule has 2 fully saturated rings. The van der Waals surface area contributed by atoms with Crippen molar-refractivity contribution in [1.29, 1.82) is 0 Å². The van der Waals surface area contributed by atoms with Crippen molar-refractivity contribution in [3.63, 3.8) is 0 Å². The molecule has 0 bridgehead atoms. The number of rotatable bonds is 6. The Labute approximate surface area is 211 Å². The summed E-state index contributed by atoms with van der Waals surface area (Å²) in [6, 6.07) is 1.48. The standard InChI is InChI=1S/C26H37N7OS/c1-17(2)33-16-19(15-27-33)29-26-30-24(23-21-5-3-4-6-22(21)35-25(23)31-26)28-18-7-9-20(10-8-18)32-11-13-34-14-12-32/h15-18,20H,3-14H2,1-2H3,(H2,28,29,30,31). The SMILES string of the molecule is CC(C)n1cc(Nc2nc(NC3CCC(N4CCOCC4)CC3)c3c4c(sc3n2)CCCC4)cn1. The third-order valence-corrected chi connectivity index (χ3v) is 8.99. The molecule has 0 atom stereocenters. The van der Waals surface area contributed by atoms with Crippen molar-refractivity contribution in [2.24, 2.45) is 0 Å². The molecule has 1 saturated carbocycles. The molecule has 2 N–H and O–H groups in total. The molecule has 188 valence electrons. The maximum Gasteiger partial charge on any atom is 0.230 e. The maximum absolute atomic E-state index is 5.56. The van der Waals surface area contributed by atoms with Gasteiger partial charge in [0.25, 0.3) is 0 Å². The summed E-state index contributed by atoms with van der Waals surface area (Å²) < 4.78 is 7.51. The quantitative estimate of drug-likeness (QED) is 0.490. The molecule has 8 nitrogen and oxygen atoms in total. The average molecular weight is 496 g/mol. The first-order valence-corrected chi connectivity index (χ1v) is 14.2. The van der Waals surface area contributed by atoms with Crippen LogP contribution in [0.15, 0.2) is 12.4 Å². The van der Waals surface area contributed by atoms with E-state index < -0.39 is 0 Å². The number of nitrogens with zero attached hydrogens (tertiary/aromatic N) is 5. The van der Waals surface area contributed by atoms with Crippen LogP contribution in [0.3, 0.4) is 0 Å². The molecule has 0 unspecified atom stereocenters. The second-order valence-electron chi connectivity index (χ2n) is 10.5. The Kier molecular flexibility index (Phi) is 6.64. The van der Waals surface area contributed by atoms with Crippen molar-refractivity contribution in [3.05, 3.63) is 22.8 Å². The number of hydrogen-bond donors (Lipinski definition) is 2. The van der Waals surface area contributed by atoms with Gasteiger partial charge in [-0.15, -0.1) is 11.3 Å². The Hall–Kier alpha value is -2.23. The fourth-order valence-corrected chi connectivity index (χ4v) is 7.11. The van der Waals surface area contributed by atoms with E-state index >= 15 is 0 Å². The molecule has 2 aliphatic carbocycles. The van der Waals surface area contributed by atoms with E-state index in [0.717, 1.165) is 49.1 Å². The van der Waals surface area contributed by atoms with Gasteiger partial charge in [-0.25, -0.2) is 4.98 Å². The summed E-state index contributed by atoms with van der Waals surface area (Å²) in [7, 11) is 0. The van der Waals surface area contributed by atoms with Crippen LogP contribution in [0.5, 0.6) is 0 Å². The molecule has 6 rings (SSSR count). The number of anilines is 3. The highest BCUT2D eigenvalue weighted by Gasteiger charge is 2.28. The summed E-state index contributed by atoms with van der Waals surface area (Å²) in [6.07, 6.45) is 13.6. The largest absolute Gasteiger partial charge is 0.379 e. The first-order chi connectivity index (χ1) is 17.1. The Morgan fingerprint density at radius 3 is 2.63 bits per heavy atom. The van der Waals surface area contributed by atoms with Gasteiger partial charge in [-0.05, 0) is 70.8 Å². The monoisotopic (exact) mass is 495 g/mol. The highest BCUT2D eigenvalue weighted by atomic mass is 32.1. The summed E-state index contributed by atoms with van der Waals surface area (Å²) in [6.45, 7) is 8.19. The van der Waals surface area contributed by atoms with E-state index in [9.17, 15) is 0 Å². The van der Waals surface area contributed by atoms with E-state index in [1.165, 1.54) is 60.8 Å². The first-order valence-electron chi connectivity index (χ1n) is 13.4. The normalized spacial score (nSPS) is 23.5. The zero-order chi connectivity index (χ0) is 23.8. The molecule has 9 heteroatoms. The Morgan fingerprint density at radius 2 is 1.86 bits per heavy atom. The topological polar surface area (TPSA) is 80.1 Å². The number of nitrogens with one attached hydrogen (secondary N) is 2. The predicted molar refractivity (Wildman–Crippen MR) is 142 cm³/mol. The molecule has 3 aromatic rings. The van der Waals surface area contributed by atoms with E-state index in [2.05, 4.69) is 34.5 Å². The van der Waals surface area contributed by atoms with E-state index in [0.29, 0.717) is 24.1 Å². The van der Waals surface area contributed by atoms with Gasteiger partial charge in [-0.1, -0.05) is 0 Å². The molecule has 0 amide bonds. The van der Waals surface area contributed by atoms with Gasteiger partial charge in [0.1, 0.15) is 10.6 Å². The van der Waals surface area contributed by atoms with Crippen molar-refractivity contribution in [3.8, 4) is 0 Å². The molecule has 0 radical (unpaired) electrons. The molecule has 35 heavy (non-hydrogen) atoms. The number of ether oxygens (including phenoxy) is 1. The van der Waals surface area contributed by atoms with Crippen molar-refractivity contribution in [1.82, 2.24) is 24.6 Å². The van der Waals surface area contributed by atoms with Crippen LogP contribution in [-0.4, -0.2) is 63.0 Å². The minimum Gasteiger partial charge on any atom is -0.379 e. The van der Waals surface area contributed by atoms with Crippen molar-refractivity contribution >= 4 is 39.0 Å². The molecule has 3 aromatic heterocycles. The minimum atomic E-state index is 0.322. The lowest BCUT2D eigenvalue weighted by atomic mass is 9.89. The lowest BCUT2D eigenvalue weighted by molar-refractivity contribution is 0.00791. The number of hydrogen-bond acceptors (Lipinski definition) is 8. The average Bonchev–Trinajstić information content (AvgIpc) is 3.50. The smallest absolute Gasteiger partial charge is 0.230 e. The van der Waals surface area contributed by atoms with Crippen molar-refractivity contribution < 1.29 is 4.74 Å². The summed E-state index contributed by atoms with van der Waals surface area (Å²) >= 11 is 1.86. The van der Waals surface area contributed by atoms with Gasteiger partial charge >= 0.3 is 0 Å². The van der Waals surface area contributed by atoms with Gasteiger partial charge < -0.3 is 15.4 Å². The Bertz CT molecular complexity index is 1160. The van der Waals surface area contributed by atoms with Crippen LogP contribution in [0.2, 0.25) is 0 Å². The lowest BCUT2D eigenvalue weighted by Crippen LogP contribution is -2.46. The van der Waals surface area contributed by atoms with Crippen LogP contribution >= 0.6 is 11.3 Å². The zero-order valence-electron chi connectivity index (χ0n) is 20.9. The van der Waals surface area contributed by atoms with E-state index in [1.54, 1.807) is 0 Å². The van der Waals surface area contributed by atoms with Gasteiger partial charge in [0.05, 0.1) is 30.5 Å². The van der Waals surface area contributed by atoms with Gasteiger partial charge in [-0.2, -0.15) is 10.1 Å². The third kappa shape index (κ3) is 4.90. The zero-order valence-corrected chi connectivity index (χ0v) is 21.7. The van der Waals surface area contributed by atoms with Crippen LogP contribution < -0.4 is 10.6 Å². The van der Waals surface area contributed by atoms with E-state index in [-0.39, 0.29) is 0 Å². The minimum absolute atomic E-state index is 0.322. The van der Waals surface area contributed by atoms with Crippen LogP contribution in [-0.2, 0) is 17.6 Å². The van der Waals surface area contributed by atoms with Gasteiger partial charge in [0, 0.05) is 42.3 Å². The van der Waals surface area contributed by atoms with Gasteiger partial charge in [0.2, 0.25) is 5.95 Å². The first kappa shape index (κ1) is 23.2. The molecule has 0 spiro atoms. The molecule has 4 heterocycles. The highest BCUT2D eigenvalue weighted by Crippen LogP contribution is 2.40. The van der Waals surface area contributed by atoms with E-state index in [1.807, 2.05) is 28.4 Å². The van der Waals surface area contributed by atoms with Crippen molar-refractivity contribution in [2.45, 2.75) is 83.3 Å². The van der Waals surface area contributed by atoms with Crippen LogP contribution in [0.4, 0.5) is 17.5 Å². The molecular weight excluding hydrogens is 458 g/mol. The Morgan fingerprint density at radius 1 is 1.06 bits per heavy atom. The van der Waals surface area contributed by atoms with Gasteiger partial charge in [-0.3, -0.25) is 9.58 Å². The summed E-state index contributed by atoms with van der Waals surface area (Å²) in [5, 5.41) is 13.0. The molecule has 3 aliphatic rings. The molecular formula is C26H37N7OS. The number of aryl methyl sites for hydroxylation is 2. The number of aromatic nitrogens is 4. The second-order valence-corrected chi connectivity index (χ2v) is 11.6. The van der Waals surface area contributed by atoms with Crippen LogP contribution in [0, 0.1) is 0 Å². The number of fused-ring (bicyclic) bond motifs is 3. The molecule has 1 saturated heterocycles. The van der Waals surface area contributed by atoms with Crippen LogP contribution in [0.1, 0.15) is 68.9 Å². The predicted octanol–water partition coefficient (Wildman–Crippen LogP) is 5.15. The molecule has 1 aliphatic heterocycles. The summed E-state index contributed by atoms with van der Waals surface area (Å²) in [5.74, 6) is 1.67.